The summed E-state index contributed by atoms with van der Waals surface area (Å²) in [6.07, 6.45) is 0. The van der Waals surface area contributed by atoms with Gasteiger partial charge >= 0.3 is 0 Å². The zero-order valence-corrected chi connectivity index (χ0v) is 11.0. The van der Waals surface area contributed by atoms with E-state index in [2.05, 4.69) is 11.1 Å². The van der Waals surface area contributed by atoms with Gasteiger partial charge in [-0.25, -0.2) is 4.98 Å². The standard InChI is InChI=1S/C10H11N3S3/c11-9(12)14-5-6-15-10-13-7-3-1-2-4-8(7)16-10/h1-4H,5-6H2,(H3,11,12)/p+1. The lowest BCUT2D eigenvalue weighted by atomic mass is 10.3. The Bertz CT molecular complexity index is 462. The highest BCUT2D eigenvalue weighted by Crippen LogP contribution is 2.29. The molecule has 2 aromatic rings. The molecule has 0 atom stereocenters. The van der Waals surface area contributed by atoms with Crippen molar-refractivity contribution in [3.8, 4) is 0 Å². The van der Waals surface area contributed by atoms with E-state index in [9.17, 15) is 0 Å². The summed E-state index contributed by atoms with van der Waals surface area (Å²) in [7, 11) is 0. The van der Waals surface area contributed by atoms with E-state index in [1.54, 1.807) is 23.1 Å². The van der Waals surface area contributed by atoms with Crippen molar-refractivity contribution in [2.45, 2.75) is 4.34 Å². The average molecular weight is 270 g/mol. The Morgan fingerprint density at radius 1 is 1.38 bits per heavy atom. The molecule has 1 heterocycles. The first-order valence-electron chi connectivity index (χ1n) is 4.75. The predicted octanol–water partition coefficient (Wildman–Crippen LogP) is 1.20. The maximum atomic E-state index is 5.37. The number of benzene rings is 1. The van der Waals surface area contributed by atoms with E-state index < -0.39 is 0 Å². The fourth-order valence-corrected chi connectivity index (χ4v) is 3.89. The molecule has 0 fully saturated rings. The molecule has 0 aliphatic carbocycles. The van der Waals surface area contributed by atoms with Crippen LogP contribution in [0, 0.1) is 0 Å². The fourth-order valence-electron chi connectivity index (χ4n) is 1.20. The lowest BCUT2D eigenvalue weighted by molar-refractivity contribution is -0.110. The molecule has 6 heteroatoms. The van der Waals surface area contributed by atoms with Crippen molar-refractivity contribution in [1.82, 2.24) is 4.98 Å². The van der Waals surface area contributed by atoms with Crippen LogP contribution in [0.5, 0.6) is 0 Å². The summed E-state index contributed by atoms with van der Waals surface area (Å²) in [5.74, 6) is 1.89. The molecule has 0 radical (unpaired) electrons. The van der Waals surface area contributed by atoms with Crippen LogP contribution < -0.4 is 11.1 Å². The highest BCUT2D eigenvalue weighted by atomic mass is 32.2. The molecule has 1 aromatic carbocycles. The molecule has 2 rings (SSSR count). The third-order valence-electron chi connectivity index (χ3n) is 1.85. The van der Waals surface area contributed by atoms with Gasteiger partial charge in [0.1, 0.15) is 0 Å². The third-order valence-corrected chi connectivity index (χ3v) is 5.03. The summed E-state index contributed by atoms with van der Waals surface area (Å²) in [5, 5.41) is 5.80. The maximum absolute atomic E-state index is 5.37. The molecule has 0 saturated carbocycles. The van der Waals surface area contributed by atoms with E-state index in [1.807, 2.05) is 18.2 Å². The van der Waals surface area contributed by atoms with E-state index in [0.29, 0.717) is 5.17 Å². The molecule has 0 saturated heterocycles. The zero-order chi connectivity index (χ0) is 11.4. The van der Waals surface area contributed by atoms with Crippen molar-refractivity contribution in [3.05, 3.63) is 24.3 Å². The van der Waals surface area contributed by atoms with Crippen molar-refractivity contribution in [2.75, 3.05) is 11.5 Å². The number of para-hydroxylation sites is 1. The van der Waals surface area contributed by atoms with Gasteiger partial charge in [-0.2, -0.15) is 0 Å². The molecule has 0 aliphatic heterocycles. The Kier molecular flexibility index (Phi) is 4.09. The van der Waals surface area contributed by atoms with Gasteiger partial charge in [-0.1, -0.05) is 23.9 Å². The van der Waals surface area contributed by atoms with Crippen LogP contribution in [-0.2, 0) is 0 Å². The second-order valence-electron chi connectivity index (χ2n) is 3.05. The Morgan fingerprint density at radius 2 is 2.19 bits per heavy atom. The van der Waals surface area contributed by atoms with Gasteiger partial charge in [0.2, 0.25) is 0 Å². The van der Waals surface area contributed by atoms with E-state index in [1.165, 1.54) is 16.5 Å². The van der Waals surface area contributed by atoms with Crippen molar-refractivity contribution < 1.29 is 5.41 Å². The van der Waals surface area contributed by atoms with Gasteiger partial charge in [0.15, 0.2) is 4.34 Å². The topological polar surface area (TPSA) is 64.5 Å². The summed E-state index contributed by atoms with van der Waals surface area (Å²) >= 11 is 4.97. The molecule has 1 aromatic heterocycles. The molecule has 16 heavy (non-hydrogen) atoms. The predicted molar refractivity (Wildman–Crippen MR) is 73.9 cm³/mol. The largest absolute Gasteiger partial charge is 0.299 e. The van der Waals surface area contributed by atoms with Gasteiger partial charge in [0.25, 0.3) is 5.17 Å². The highest BCUT2D eigenvalue weighted by molar-refractivity contribution is 8.14. The van der Waals surface area contributed by atoms with Crippen molar-refractivity contribution in [3.63, 3.8) is 0 Å². The van der Waals surface area contributed by atoms with E-state index >= 15 is 0 Å². The van der Waals surface area contributed by atoms with Gasteiger partial charge in [-0.3, -0.25) is 11.1 Å². The van der Waals surface area contributed by atoms with Crippen LogP contribution >= 0.6 is 34.9 Å². The molecule has 0 unspecified atom stereocenters. The SMILES string of the molecule is NC(=[NH2+])SCCSc1nc2ccccc2s1. The molecule has 0 spiro atoms. The summed E-state index contributed by atoms with van der Waals surface area (Å²) in [6.45, 7) is 0. The molecular weight excluding hydrogens is 258 g/mol. The third kappa shape index (κ3) is 3.13. The van der Waals surface area contributed by atoms with Gasteiger partial charge in [-0.15, -0.1) is 11.3 Å². The van der Waals surface area contributed by atoms with Crippen molar-refractivity contribution >= 4 is 50.2 Å². The number of aromatic nitrogens is 1. The van der Waals surface area contributed by atoms with Crippen LogP contribution in [0.4, 0.5) is 0 Å². The molecule has 0 amide bonds. The van der Waals surface area contributed by atoms with Crippen LogP contribution in [0.25, 0.3) is 10.2 Å². The van der Waals surface area contributed by atoms with E-state index in [4.69, 9.17) is 11.1 Å². The number of amidine groups is 1. The minimum atomic E-state index is 0.435. The Balaban J connectivity index is 1.92. The summed E-state index contributed by atoms with van der Waals surface area (Å²) in [4.78, 5) is 4.53. The fraction of sp³-hybridized carbons (Fsp3) is 0.200. The molecule has 0 aliphatic rings. The molecule has 0 bridgehead atoms. The average Bonchev–Trinajstić information content (AvgIpc) is 2.66. The number of hydrogen-bond donors (Lipinski definition) is 2. The number of nitrogens with zero attached hydrogens (tertiary/aromatic N) is 1. The smallest absolute Gasteiger partial charge is 0.282 e. The van der Waals surface area contributed by atoms with E-state index in [0.717, 1.165) is 21.4 Å². The maximum Gasteiger partial charge on any atom is 0.299 e. The molecular formula is C10H12N3S3+. The van der Waals surface area contributed by atoms with Crippen molar-refractivity contribution in [2.24, 2.45) is 5.73 Å². The second kappa shape index (κ2) is 5.56. The van der Waals surface area contributed by atoms with Crippen molar-refractivity contribution in [1.29, 1.82) is 0 Å². The highest BCUT2D eigenvalue weighted by Gasteiger charge is 2.04. The number of nitrogens with two attached hydrogens (primary N) is 2. The van der Waals surface area contributed by atoms with Crippen LogP contribution in [-0.4, -0.2) is 21.7 Å². The number of thioether (sulfide) groups is 2. The van der Waals surface area contributed by atoms with Gasteiger partial charge in [0, 0.05) is 11.5 Å². The number of fused-ring (bicyclic) bond motifs is 1. The van der Waals surface area contributed by atoms with Gasteiger partial charge in [0.05, 0.1) is 10.2 Å². The lowest BCUT2D eigenvalue weighted by Gasteiger charge is -1.93. The summed E-state index contributed by atoms with van der Waals surface area (Å²) < 4.78 is 2.35. The molecule has 3 nitrogen and oxygen atoms in total. The minimum Gasteiger partial charge on any atom is -0.282 e. The summed E-state index contributed by atoms with van der Waals surface area (Å²) in [6, 6.07) is 8.18. The van der Waals surface area contributed by atoms with Crippen LogP contribution in [0.2, 0.25) is 0 Å². The number of hydrogen-bond acceptors (Lipinski definition) is 4. The first-order valence-corrected chi connectivity index (χ1v) is 7.53. The minimum absolute atomic E-state index is 0.435. The molecule has 4 N–H and O–H groups in total. The Hall–Kier alpha value is -0.720. The van der Waals surface area contributed by atoms with Crippen LogP contribution in [0.3, 0.4) is 0 Å². The number of thiazole rings is 1. The first kappa shape index (κ1) is 11.8. The quantitative estimate of drug-likeness (QED) is 0.379. The molecule has 84 valence electrons. The zero-order valence-electron chi connectivity index (χ0n) is 8.55. The van der Waals surface area contributed by atoms with Crippen LogP contribution in [0.15, 0.2) is 28.6 Å². The second-order valence-corrected chi connectivity index (χ2v) is 6.59. The first-order chi connectivity index (χ1) is 7.75. The summed E-state index contributed by atoms with van der Waals surface area (Å²) in [5.41, 5.74) is 6.44. The van der Waals surface area contributed by atoms with Gasteiger partial charge in [-0.05, 0) is 23.9 Å². The van der Waals surface area contributed by atoms with Crippen LogP contribution in [0.1, 0.15) is 0 Å². The number of rotatable bonds is 4. The normalized spacial score (nSPS) is 10.8. The van der Waals surface area contributed by atoms with Gasteiger partial charge < -0.3 is 0 Å². The Morgan fingerprint density at radius 3 is 2.94 bits per heavy atom. The Labute approximate surface area is 106 Å². The van der Waals surface area contributed by atoms with E-state index in [-0.39, 0.29) is 0 Å². The lowest BCUT2D eigenvalue weighted by Crippen LogP contribution is -2.43. The monoisotopic (exact) mass is 270 g/mol.